The number of hydrogen-bond acceptors (Lipinski definition) is 5. The van der Waals surface area contributed by atoms with Crippen molar-refractivity contribution in [2.24, 2.45) is 0 Å². The van der Waals surface area contributed by atoms with E-state index in [0.29, 0.717) is 12.8 Å². The standard InChI is InChI=1S/C34H64O5/c1-3-5-7-9-11-13-15-17-19-20-22-24-26-28-33(36)38-31-32(30-35)39-34(37)29-27-25-23-21-18-16-14-12-10-8-6-4-2/h12,14,32,35H,3-11,13,15-31H2,1-2H3. The van der Waals surface area contributed by atoms with E-state index < -0.39 is 6.10 Å². The van der Waals surface area contributed by atoms with Gasteiger partial charge in [0.1, 0.15) is 6.61 Å². The maximum Gasteiger partial charge on any atom is 0.306 e. The fourth-order valence-electron chi connectivity index (χ4n) is 4.72. The summed E-state index contributed by atoms with van der Waals surface area (Å²) >= 11 is 0. The Morgan fingerprint density at radius 2 is 0.949 bits per heavy atom. The molecular formula is C34H64O5. The lowest BCUT2D eigenvalue weighted by Crippen LogP contribution is -2.28. The molecule has 0 aromatic heterocycles. The Morgan fingerprint density at radius 3 is 1.44 bits per heavy atom. The molecule has 1 unspecified atom stereocenters. The van der Waals surface area contributed by atoms with Gasteiger partial charge in [0, 0.05) is 12.8 Å². The first kappa shape index (κ1) is 37.6. The van der Waals surface area contributed by atoms with Gasteiger partial charge in [-0.05, 0) is 38.5 Å². The lowest BCUT2D eigenvalue weighted by molar-refractivity contribution is -0.161. The Labute approximate surface area is 241 Å². The third-order valence-corrected chi connectivity index (χ3v) is 7.31. The molecule has 0 aromatic carbocycles. The quantitative estimate of drug-likeness (QED) is 0.0545. The van der Waals surface area contributed by atoms with Gasteiger partial charge in [-0.15, -0.1) is 0 Å². The van der Waals surface area contributed by atoms with Crippen LogP contribution in [-0.2, 0) is 19.1 Å². The predicted octanol–water partition coefficient (Wildman–Crippen LogP) is 9.78. The zero-order valence-corrected chi connectivity index (χ0v) is 25.9. The second-order valence-corrected chi connectivity index (χ2v) is 11.2. The van der Waals surface area contributed by atoms with E-state index in [1.165, 1.54) is 103 Å². The number of unbranched alkanes of at least 4 members (excludes halogenated alkanes) is 20. The molecule has 0 saturated heterocycles. The molecule has 0 heterocycles. The van der Waals surface area contributed by atoms with Gasteiger partial charge in [0.2, 0.25) is 0 Å². The Balaban J connectivity index is 3.57. The van der Waals surface area contributed by atoms with Gasteiger partial charge in [-0.2, -0.15) is 0 Å². The van der Waals surface area contributed by atoms with Crippen molar-refractivity contribution in [2.45, 2.75) is 180 Å². The largest absolute Gasteiger partial charge is 0.462 e. The van der Waals surface area contributed by atoms with Gasteiger partial charge in [0.05, 0.1) is 6.61 Å². The van der Waals surface area contributed by atoms with Gasteiger partial charge in [0.15, 0.2) is 6.10 Å². The molecule has 0 radical (unpaired) electrons. The van der Waals surface area contributed by atoms with Crippen LogP contribution in [0.25, 0.3) is 0 Å². The predicted molar refractivity (Wildman–Crippen MR) is 164 cm³/mol. The highest BCUT2D eigenvalue weighted by Gasteiger charge is 2.16. The van der Waals surface area contributed by atoms with Gasteiger partial charge in [-0.1, -0.05) is 135 Å². The fraction of sp³-hybridized carbons (Fsp3) is 0.882. The molecule has 1 N–H and O–H groups in total. The minimum absolute atomic E-state index is 0.0640. The first-order valence-corrected chi connectivity index (χ1v) is 16.7. The van der Waals surface area contributed by atoms with Crippen molar-refractivity contribution in [3.8, 4) is 0 Å². The summed E-state index contributed by atoms with van der Waals surface area (Å²) in [5, 5.41) is 9.49. The highest BCUT2D eigenvalue weighted by atomic mass is 16.6. The third-order valence-electron chi connectivity index (χ3n) is 7.31. The first-order chi connectivity index (χ1) is 19.1. The van der Waals surface area contributed by atoms with Crippen LogP contribution in [0.1, 0.15) is 174 Å². The van der Waals surface area contributed by atoms with E-state index >= 15 is 0 Å². The van der Waals surface area contributed by atoms with Crippen molar-refractivity contribution in [1.82, 2.24) is 0 Å². The van der Waals surface area contributed by atoms with Crippen LogP contribution in [0.15, 0.2) is 12.2 Å². The normalized spacial score (nSPS) is 12.2. The number of carbonyl (C=O) groups excluding carboxylic acids is 2. The Bertz CT molecular complexity index is 560. The molecule has 0 bridgehead atoms. The number of aliphatic hydroxyl groups excluding tert-OH is 1. The van der Waals surface area contributed by atoms with E-state index in [-0.39, 0.29) is 25.2 Å². The van der Waals surface area contributed by atoms with E-state index in [4.69, 9.17) is 9.47 Å². The van der Waals surface area contributed by atoms with Crippen LogP contribution in [0.4, 0.5) is 0 Å². The molecule has 0 saturated carbocycles. The van der Waals surface area contributed by atoms with Crippen LogP contribution < -0.4 is 0 Å². The maximum atomic E-state index is 12.1. The average Bonchev–Trinajstić information content (AvgIpc) is 2.94. The molecule has 39 heavy (non-hydrogen) atoms. The molecule has 0 aliphatic carbocycles. The van der Waals surface area contributed by atoms with Crippen molar-refractivity contribution in [1.29, 1.82) is 0 Å². The summed E-state index contributed by atoms with van der Waals surface area (Å²) in [5.74, 6) is -0.597. The summed E-state index contributed by atoms with van der Waals surface area (Å²) in [7, 11) is 0. The monoisotopic (exact) mass is 552 g/mol. The highest BCUT2D eigenvalue weighted by molar-refractivity contribution is 5.70. The van der Waals surface area contributed by atoms with Crippen LogP contribution in [0.5, 0.6) is 0 Å². The van der Waals surface area contributed by atoms with E-state index in [2.05, 4.69) is 26.0 Å². The van der Waals surface area contributed by atoms with Crippen LogP contribution in [0.3, 0.4) is 0 Å². The number of hydrogen-bond donors (Lipinski definition) is 1. The molecule has 0 rings (SSSR count). The molecule has 0 amide bonds. The highest BCUT2D eigenvalue weighted by Crippen LogP contribution is 2.14. The lowest BCUT2D eigenvalue weighted by Gasteiger charge is -2.15. The third kappa shape index (κ3) is 29.4. The van der Waals surface area contributed by atoms with E-state index in [9.17, 15) is 14.7 Å². The van der Waals surface area contributed by atoms with E-state index in [1.54, 1.807) is 0 Å². The van der Waals surface area contributed by atoms with E-state index in [0.717, 1.165) is 44.9 Å². The minimum atomic E-state index is -0.766. The van der Waals surface area contributed by atoms with Crippen molar-refractivity contribution in [3.05, 3.63) is 12.2 Å². The number of esters is 2. The number of carbonyl (C=O) groups is 2. The molecule has 0 aromatic rings. The zero-order chi connectivity index (χ0) is 28.7. The number of allylic oxidation sites excluding steroid dienone is 2. The fourth-order valence-corrected chi connectivity index (χ4v) is 4.72. The number of ether oxygens (including phenoxy) is 2. The summed E-state index contributed by atoms with van der Waals surface area (Å²) in [6.07, 6.45) is 32.6. The molecule has 0 fully saturated rings. The second-order valence-electron chi connectivity index (χ2n) is 11.2. The summed E-state index contributed by atoms with van der Waals surface area (Å²) in [6, 6.07) is 0. The van der Waals surface area contributed by atoms with Crippen molar-refractivity contribution >= 4 is 11.9 Å². The molecule has 0 aliphatic heterocycles. The second kappa shape index (κ2) is 31.2. The summed E-state index contributed by atoms with van der Waals surface area (Å²) < 4.78 is 10.5. The van der Waals surface area contributed by atoms with Crippen molar-refractivity contribution < 1.29 is 24.2 Å². The van der Waals surface area contributed by atoms with Crippen molar-refractivity contribution in [2.75, 3.05) is 13.2 Å². The van der Waals surface area contributed by atoms with Gasteiger partial charge >= 0.3 is 11.9 Å². The first-order valence-electron chi connectivity index (χ1n) is 16.7. The van der Waals surface area contributed by atoms with Crippen LogP contribution in [-0.4, -0.2) is 36.4 Å². The molecule has 1 atom stereocenters. The average molecular weight is 553 g/mol. The summed E-state index contributed by atoms with van der Waals surface area (Å²) in [5.41, 5.74) is 0. The minimum Gasteiger partial charge on any atom is -0.462 e. The molecule has 5 nitrogen and oxygen atoms in total. The molecule has 230 valence electrons. The molecular weight excluding hydrogens is 488 g/mol. The smallest absolute Gasteiger partial charge is 0.306 e. The maximum absolute atomic E-state index is 12.1. The molecule has 0 aliphatic rings. The van der Waals surface area contributed by atoms with Crippen LogP contribution >= 0.6 is 0 Å². The Morgan fingerprint density at radius 1 is 0.564 bits per heavy atom. The van der Waals surface area contributed by atoms with Crippen LogP contribution in [0, 0.1) is 0 Å². The zero-order valence-electron chi connectivity index (χ0n) is 25.9. The topological polar surface area (TPSA) is 72.8 Å². The van der Waals surface area contributed by atoms with Gasteiger partial charge in [-0.3, -0.25) is 9.59 Å². The SMILES string of the molecule is CCCCCC=CCCCCCCCC(=O)OC(CO)COC(=O)CCCCCCCCCCCCCCC. The van der Waals surface area contributed by atoms with Gasteiger partial charge in [0.25, 0.3) is 0 Å². The molecule has 5 heteroatoms. The van der Waals surface area contributed by atoms with E-state index in [1.807, 2.05) is 0 Å². The summed E-state index contributed by atoms with van der Waals surface area (Å²) in [4.78, 5) is 24.1. The van der Waals surface area contributed by atoms with Gasteiger partial charge < -0.3 is 14.6 Å². The van der Waals surface area contributed by atoms with Gasteiger partial charge in [-0.25, -0.2) is 0 Å². The Hall–Kier alpha value is -1.36. The number of aliphatic hydroxyl groups is 1. The molecule has 0 spiro atoms. The lowest BCUT2D eigenvalue weighted by atomic mass is 10.0. The number of rotatable bonds is 30. The summed E-state index contributed by atoms with van der Waals surface area (Å²) in [6.45, 7) is 4.09. The van der Waals surface area contributed by atoms with Crippen LogP contribution in [0.2, 0.25) is 0 Å². The van der Waals surface area contributed by atoms with Crippen molar-refractivity contribution in [3.63, 3.8) is 0 Å². The Kier molecular flexibility index (Phi) is 30.1.